The summed E-state index contributed by atoms with van der Waals surface area (Å²) in [5.41, 5.74) is 9.10. The number of rotatable bonds is 8. The Balaban J connectivity index is 0.837. The molecule has 7 heteroatoms. The van der Waals surface area contributed by atoms with E-state index in [9.17, 15) is 0 Å². The number of nitrogens with zero attached hydrogens (tertiary/aromatic N) is 4. The fraction of sp³-hybridized carbons (Fsp3) is 0. The molecule has 326 valence electrons. The highest BCUT2D eigenvalue weighted by molar-refractivity contribution is 7.22. The molecule has 0 aliphatic carbocycles. The number of anilines is 6. The molecule has 2 aliphatic rings. The Morgan fingerprint density at radius 2 is 0.580 bits per heavy atom. The van der Waals surface area contributed by atoms with Crippen LogP contribution in [0.1, 0.15) is 0 Å². The highest BCUT2D eigenvalue weighted by Crippen LogP contribution is 2.41. The van der Waals surface area contributed by atoms with Crippen molar-refractivity contribution in [2.75, 3.05) is 9.80 Å². The second kappa shape index (κ2) is 16.8. The SMILES string of the molecule is c1ccc([Si]2(c3ccccc3)c3ccccc3N(c3ccc(-c4nsc(-c5ccc(N6c7ccccc7[Si](c7ccccc7)(c7ccccc7)c7ccccc76)cc5)n4)cc3)c3ccccc32)cc1. The van der Waals surface area contributed by atoms with Gasteiger partial charge < -0.3 is 9.80 Å². The minimum Gasteiger partial charge on any atom is -0.311 e. The lowest BCUT2D eigenvalue weighted by atomic mass is 10.1. The lowest BCUT2D eigenvalue weighted by molar-refractivity contribution is 1.28. The third-order valence-corrected chi connectivity index (χ3v) is 24.7. The van der Waals surface area contributed by atoms with Crippen LogP contribution < -0.4 is 51.3 Å². The number of para-hydroxylation sites is 4. The van der Waals surface area contributed by atoms with Crippen LogP contribution in [0.25, 0.3) is 22.0 Å². The number of fused-ring (bicyclic) bond motifs is 4. The molecule has 0 amide bonds. The smallest absolute Gasteiger partial charge is 0.184 e. The molecule has 0 bridgehead atoms. The van der Waals surface area contributed by atoms with Gasteiger partial charge >= 0.3 is 0 Å². The second-order valence-corrected chi connectivity index (χ2v) is 25.9. The van der Waals surface area contributed by atoms with Gasteiger partial charge in [0.05, 0.1) is 0 Å². The Bertz CT molecular complexity index is 3210. The van der Waals surface area contributed by atoms with Gasteiger partial charge in [0.2, 0.25) is 0 Å². The molecular weight excluding hydrogens is 889 g/mol. The van der Waals surface area contributed by atoms with Gasteiger partial charge in [-0.15, -0.1) is 0 Å². The van der Waals surface area contributed by atoms with Crippen LogP contribution in [-0.4, -0.2) is 25.5 Å². The largest absolute Gasteiger partial charge is 0.311 e. The number of hydrogen-bond donors (Lipinski definition) is 0. The molecule has 0 unspecified atom stereocenters. The van der Waals surface area contributed by atoms with Crippen LogP contribution in [0, 0.1) is 0 Å². The first-order valence-corrected chi connectivity index (χ1v) is 28.3. The number of benzene rings is 10. The van der Waals surface area contributed by atoms with Crippen molar-refractivity contribution in [1.29, 1.82) is 0 Å². The molecule has 0 saturated carbocycles. The first-order chi connectivity index (χ1) is 34.2. The zero-order valence-corrected chi connectivity index (χ0v) is 40.4. The number of aromatic nitrogens is 2. The van der Waals surface area contributed by atoms with E-state index < -0.39 is 16.1 Å². The van der Waals surface area contributed by atoms with Crippen molar-refractivity contribution in [2.24, 2.45) is 0 Å². The van der Waals surface area contributed by atoms with Gasteiger partial charge in [0.25, 0.3) is 0 Å². The van der Waals surface area contributed by atoms with Gasteiger partial charge in [-0.2, -0.15) is 4.37 Å². The molecule has 2 aliphatic heterocycles. The summed E-state index contributed by atoms with van der Waals surface area (Å²) >= 11 is 1.45. The summed E-state index contributed by atoms with van der Waals surface area (Å²) in [6, 6.07) is 98.4. The summed E-state index contributed by atoms with van der Waals surface area (Å²) in [5, 5.41) is 11.9. The summed E-state index contributed by atoms with van der Waals surface area (Å²) in [7, 11) is -5.36. The average Bonchev–Trinajstić information content (AvgIpc) is 3.94. The molecule has 69 heavy (non-hydrogen) atoms. The fourth-order valence-electron chi connectivity index (χ4n) is 11.3. The first-order valence-electron chi connectivity index (χ1n) is 23.5. The van der Waals surface area contributed by atoms with Crippen LogP contribution in [-0.2, 0) is 0 Å². The van der Waals surface area contributed by atoms with Gasteiger partial charge in [0.15, 0.2) is 22.0 Å². The van der Waals surface area contributed by atoms with Crippen molar-refractivity contribution in [3.8, 4) is 22.0 Å². The van der Waals surface area contributed by atoms with Crippen LogP contribution in [0.4, 0.5) is 34.1 Å². The fourth-order valence-corrected chi connectivity index (χ4v) is 22.2. The van der Waals surface area contributed by atoms with Crippen LogP contribution in [0.2, 0.25) is 0 Å². The predicted molar refractivity (Wildman–Crippen MR) is 294 cm³/mol. The van der Waals surface area contributed by atoms with E-state index in [2.05, 4.69) is 277 Å². The zero-order chi connectivity index (χ0) is 45.8. The van der Waals surface area contributed by atoms with Crippen molar-refractivity contribution in [3.05, 3.63) is 267 Å². The van der Waals surface area contributed by atoms with E-state index >= 15 is 0 Å². The molecule has 1 aromatic heterocycles. The van der Waals surface area contributed by atoms with Crippen molar-refractivity contribution in [3.63, 3.8) is 0 Å². The highest BCUT2D eigenvalue weighted by atomic mass is 32.1. The predicted octanol–water partition coefficient (Wildman–Crippen LogP) is 10.2. The van der Waals surface area contributed by atoms with E-state index in [4.69, 9.17) is 9.36 Å². The Hall–Kier alpha value is -8.21. The lowest BCUT2D eigenvalue weighted by Gasteiger charge is -2.45. The van der Waals surface area contributed by atoms with Gasteiger partial charge in [0.1, 0.15) is 5.01 Å². The Morgan fingerprint density at radius 3 is 0.913 bits per heavy atom. The van der Waals surface area contributed by atoms with Crippen LogP contribution in [0.5, 0.6) is 0 Å². The monoisotopic (exact) mass is 932 g/mol. The molecule has 4 nitrogen and oxygen atoms in total. The van der Waals surface area contributed by atoms with E-state index in [1.54, 1.807) is 0 Å². The molecule has 3 heterocycles. The van der Waals surface area contributed by atoms with Crippen LogP contribution in [0.15, 0.2) is 267 Å². The lowest BCUT2D eigenvalue weighted by Crippen LogP contribution is -2.77. The normalized spacial score (nSPS) is 14.0. The van der Waals surface area contributed by atoms with Crippen molar-refractivity contribution in [2.45, 2.75) is 0 Å². The molecule has 13 rings (SSSR count). The summed E-state index contributed by atoms with van der Waals surface area (Å²) in [4.78, 5) is 10.0. The van der Waals surface area contributed by atoms with E-state index in [1.807, 2.05) is 0 Å². The second-order valence-electron chi connectivity index (χ2n) is 17.7. The van der Waals surface area contributed by atoms with Crippen LogP contribution in [0.3, 0.4) is 0 Å². The minimum atomic E-state index is -2.68. The van der Waals surface area contributed by atoms with Gasteiger partial charge in [-0.05, 0) is 126 Å². The molecule has 0 saturated heterocycles. The van der Waals surface area contributed by atoms with Gasteiger partial charge in [-0.25, -0.2) is 4.98 Å². The van der Waals surface area contributed by atoms with Crippen molar-refractivity contribution in [1.82, 2.24) is 9.36 Å². The topological polar surface area (TPSA) is 32.3 Å². The molecule has 11 aromatic rings. The zero-order valence-electron chi connectivity index (χ0n) is 37.6. The summed E-state index contributed by atoms with van der Waals surface area (Å²) in [6.45, 7) is 0. The molecule has 10 aromatic carbocycles. The highest BCUT2D eigenvalue weighted by Gasteiger charge is 2.50. The average molecular weight is 933 g/mol. The Morgan fingerprint density at radius 1 is 0.290 bits per heavy atom. The third kappa shape index (κ3) is 6.39. The maximum Gasteiger partial charge on any atom is 0.184 e. The Labute approximate surface area is 408 Å². The van der Waals surface area contributed by atoms with Crippen LogP contribution >= 0.6 is 11.5 Å². The summed E-state index contributed by atoms with van der Waals surface area (Å²) < 4.78 is 4.93. The van der Waals surface area contributed by atoms with E-state index in [1.165, 1.54) is 75.8 Å². The number of hydrogen-bond acceptors (Lipinski definition) is 5. The van der Waals surface area contributed by atoms with Crippen molar-refractivity contribution < 1.29 is 0 Å². The van der Waals surface area contributed by atoms with E-state index in [-0.39, 0.29) is 0 Å². The molecule has 0 spiro atoms. The summed E-state index contributed by atoms with van der Waals surface area (Å²) in [5.74, 6) is 0.728. The van der Waals surface area contributed by atoms with Crippen molar-refractivity contribution >= 4 is 103 Å². The first kappa shape index (κ1) is 41.0. The Kier molecular flexibility index (Phi) is 10.0. The molecule has 0 radical (unpaired) electrons. The van der Waals surface area contributed by atoms with E-state index in [0.29, 0.717) is 0 Å². The van der Waals surface area contributed by atoms with E-state index in [0.717, 1.165) is 33.3 Å². The maximum absolute atomic E-state index is 5.14. The quantitative estimate of drug-likeness (QED) is 0.142. The molecule has 0 fully saturated rings. The third-order valence-electron chi connectivity index (χ3n) is 14.2. The molecule has 0 atom stereocenters. The minimum absolute atomic E-state index is 0.728. The summed E-state index contributed by atoms with van der Waals surface area (Å²) in [6.07, 6.45) is 0. The van der Waals surface area contributed by atoms with Gasteiger partial charge in [-0.1, -0.05) is 194 Å². The maximum atomic E-state index is 5.14. The standard InChI is InChI=1S/C62H44N4SSi2/c1-5-21-49(22-6-1)68(50-23-7-2-8-24-50)57-33-17-13-29-53(57)65(54-30-14-18-34-58(54)68)47-41-37-45(38-42-47)61-63-62(67-64-61)46-39-43-48(44-40-46)66-55-31-15-19-35-59(55)69(51-25-9-3-10-26-51,52-27-11-4-12-28-52)60-36-20-16-32-56(60)66/h1-44H. The molecule has 0 N–H and O–H groups in total. The van der Waals surface area contributed by atoms with Gasteiger partial charge in [-0.3, -0.25) is 0 Å². The molecular formula is C62H44N4SSi2. The van der Waals surface area contributed by atoms with Gasteiger partial charge in [0, 0.05) is 45.3 Å².